The smallest absolute Gasteiger partial charge is 0.303 e. The number of carboxylic acid groups (broad SMARTS) is 1. The van der Waals surface area contributed by atoms with Gasteiger partial charge >= 0.3 is 5.97 Å². The van der Waals surface area contributed by atoms with Crippen LogP contribution in [0.1, 0.15) is 43.6 Å². The van der Waals surface area contributed by atoms with E-state index in [0.717, 1.165) is 31.2 Å². The summed E-state index contributed by atoms with van der Waals surface area (Å²) in [5, 5.41) is 8.75. The van der Waals surface area contributed by atoms with Gasteiger partial charge in [0.1, 0.15) is 5.82 Å². The van der Waals surface area contributed by atoms with Crippen molar-refractivity contribution in [3.8, 4) is 0 Å². The van der Waals surface area contributed by atoms with Gasteiger partial charge in [-0.2, -0.15) is 0 Å². The topological polar surface area (TPSA) is 63.3 Å². The Bertz CT molecular complexity index is 439. The monoisotopic (exact) mass is 251 g/mol. The molecule has 3 N–H and O–H groups in total. The van der Waals surface area contributed by atoms with E-state index < -0.39 is 5.97 Å². The molecule has 0 atom stereocenters. The van der Waals surface area contributed by atoms with Crippen molar-refractivity contribution < 1.29 is 14.3 Å². The first-order valence-electron chi connectivity index (χ1n) is 6.33. The Morgan fingerprint density at radius 3 is 2.56 bits per heavy atom. The second-order valence-corrected chi connectivity index (χ2v) is 5.10. The zero-order valence-electron chi connectivity index (χ0n) is 10.2. The number of carboxylic acids is 1. The third-order valence-electron chi connectivity index (χ3n) is 3.81. The van der Waals surface area contributed by atoms with Gasteiger partial charge in [0.05, 0.1) is 5.69 Å². The Balaban J connectivity index is 1.96. The molecular formula is C14H18FNO2. The number of halogens is 1. The van der Waals surface area contributed by atoms with Crippen molar-refractivity contribution in [2.75, 3.05) is 5.73 Å². The minimum Gasteiger partial charge on any atom is -0.481 e. The third kappa shape index (κ3) is 3.00. The number of carbonyl (C=O) groups is 1. The molecular weight excluding hydrogens is 233 g/mol. The summed E-state index contributed by atoms with van der Waals surface area (Å²) in [4.78, 5) is 10.6. The van der Waals surface area contributed by atoms with Crippen molar-refractivity contribution in [1.82, 2.24) is 0 Å². The second kappa shape index (κ2) is 5.38. The van der Waals surface area contributed by atoms with Gasteiger partial charge in [-0.1, -0.05) is 6.07 Å². The highest BCUT2D eigenvalue weighted by atomic mass is 19.1. The van der Waals surface area contributed by atoms with Crippen LogP contribution in [-0.4, -0.2) is 11.1 Å². The minimum absolute atomic E-state index is 0.179. The summed E-state index contributed by atoms with van der Waals surface area (Å²) in [7, 11) is 0. The van der Waals surface area contributed by atoms with Crippen molar-refractivity contribution in [1.29, 1.82) is 0 Å². The molecule has 3 nitrogen and oxygen atoms in total. The maximum atomic E-state index is 13.4. The van der Waals surface area contributed by atoms with Gasteiger partial charge in [0.15, 0.2) is 0 Å². The first-order valence-corrected chi connectivity index (χ1v) is 6.33. The third-order valence-corrected chi connectivity index (χ3v) is 3.81. The number of benzene rings is 1. The molecule has 1 saturated carbocycles. The molecule has 4 heteroatoms. The Labute approximate surface area is 106 Å². The molecule has 0 aromatic heterocycles. The Morgan fingerprint density at radius 1 is 1.33 bits per heavy atom. The van der Waals surface area contributed by atoms with E-state index in [0.29, 0.717) is 5.92 Å². The molecule has 18 heavy (non-hydrogen) atoms. The van der Waals surface area contributed by atoms with E-state index in [2.05, 4.69) is 0 Å². The van der Waals surface area contributed by atoms with Crippen LogP contribution in [0.4, 0.5) is 10.1 Å². The highest BCUT2D eigenvalue weighted by Gasteiger charge is 2.24. The molecule has 0 radical (unpaired) electrons. The molecule has 0 aliphatic heterocycles. The van der Waals surface area contributed by atoms with Crippen LogP contribution in [0.3, 0.4) is 0 Å². The lowest BCUT2D eigenvalue weighted by atomic mass is 9.77. The van der Waals surface area contributed by atoms with Crippen LogP contribution in [0.15, 0.2) is 18.2 Å². The molecule has 2 rings (SSSR count). The molecule has 1 aromatic carbocycles. The molecule has 0 saturated heterocycles. The van der Waals surface area contributed by atoms with Crippen molar-refractivity contribution in [2.24, 2.45) is 5.92 Å². The van der Waals surface area contributed by atoms with Gasteiger partial charge in [-0.15, -0.1) is 0 Å². The molecule has 98 valence electrons. The summed E-state index contributed by atoms with van der Waals surface area (Å²) in [6.45, 7) is 0. The molecule has 0 amide bonds. The average Bonchev–Trinajstić information content (AvgIpc) is 2.33. The van der Waals surface area contributed by atoms with Gasteiger partial charge in [-0.25, -0.2) is 4.39 Å². The van der Waals surface area contributed by atoms with Gasteiger partial charge in [0.25, 0.3) is 0 Å². The predicted octanol–water partition coefficient (Wildman–Crippen LogP) is 3.16. The van der Waals surface area contributed by atoms with E-state index in [1.54, 1.807) is 6.07 Å². The van der Waals surface area contributed by atoms with E-state index in [9.17, 15) is 9.18 Å². The van der Waals surface area contributed by atoms with Crippen LogP contribution in [0.5, 0.6) is 0 Å². The van der Waals surface area contributed by atoms with E-state index in [-0.39, 0.29) is 23.8 Å². The number of nitrogen functional groups attached to an aromatic ring is 1. The molecule has 1 aliphatic rings. The average molecular weight is 251 g/mol. The van der Waals surface area contributed by atoms with Crippen LogP contribution in [-0.2, 0) is 4.79 Å². The number of aliphatic carboxylic acids is 1. The Hall–Kier alpha value is -1.58. The molecule has 1 aliphatic carbocycles. The molecule has 1 fully saturated rings. The molecule has 0 unspecified atom stereocenters. The maximum Gasteiger partial charge on any atom is 0.303 e. The summed E-state index contributed by atoms with van der Waals surface area (Å²) in [6.07, 6.45) is 3.93. The van der Waals surface area contributed by atoms with Gasteiger partial charge in [-0.05, 0) is 55.2 Å². The van der Waals surface area contributed by atoms with E-state index in [1.807, 2.05) is 6.07 Å². The van der Waals surface area contributed by atoms with Crippen LogP contribution < -0.4 is 5.73 Å². The molecule has 0 spiro atoms. The lowest BCUT2D eigenvalue weighted by Gasteiger charge is -2.28. The first-order chi connectivity index (χ1) is 8.56. The normalized spacial score (nSPS) is 23.8. The standard InChI is InChI=1S/C14H18FNO2/c15-12-8-11(5-6-13(12)16)10-3-1-9(2-4-10)7-14(17)18/h5-6,8-10H,1-4,7,16H2,(H,17,18). The summed E-state index contributed by atoms with van der Waals surface area (Å²) < 4.78 is 13.4. The Kier molecular flexibility index (Phi) is 3.84. The lowest BCUT2D eigenvalue weighted by Crippen LogP contribution is -2.16. The van der Waals surface area contributed by atoms with Crippen LogP contribution in [0, 0.1) is 11.7 Å². The summed E-state index contributed by atoms with van der Waals surface area (Å²) >= 11 is 0. The lowest BCUT2D eigenvalue weighted by molar-refractivity contribution is -0.138. The van der Waals surface area contributed by atoms with Crippen LogP contribution in [0.2, 0.25) is 0 Å². The highest BCUT2D eigenvalue weighted by Crippen LogP contribution is 2.37. The molecule has 0 bridgehead atoms. The fourth-order valence-corrected chi connectivity index (χ4v) is 2.74. The van der Waals surface area contributed by atoms with E-state index >= 15 is 0 Å². The minimum atomic E-state index is -0.725. The quantitative estimate of drug-likeness (QED) is 0.811. The summed E-state index contributed by atoms with van der Waals surface area (Å²) in [5.41, 5.74) is 6.62. The van der Waals surface area contributed by atoms with E-state index in [1.165, 1.54) is 6.07 Å². The zero-order valence-corrected chi connectivity index (χ0v) is 10.2. The predicted molar refractivity (Wildman–Crippen MR) is 67.8 cm³/mol. The SMILES string of the molecule is Nc1ccc(C2CCC(CC(=O)O)CC2)cc1F. The van der Waals surface area contributed by atoms with Crippen molar-refractivity contribution in [3.63, 3.8) is 0 Å². The fraction of sp³-hybridized carbons (Fsp3) is 0.500. The number of anilines is 1. The van der Waals surface area contributed by atoms with Crippen molar-refractivity contribution >= 4 is 11.7 Å². The molecule has 0 heterocycles. The first kappa shape index (κ1) is 12.9. The highest BCUT2D eigenvalue weighted by molar-refractivity contribution is 5.67. The number of hydrogen-bond acceptors (Lipinski definition) is 2. The second-order valence-electron chi connectivity index (χ2n) is 5.10. The number of rotatable bonds is 3. The Morgan fingerprint density at radius 2 is 2.00 bits per heavy atom. The van der Waals surface area contributed by atoms with Gasteiger partial charge in [0.2, 0.25) is 0 Å². The van der Waals surface area contributed by atoms with Crippen molar-refractivity contribution in [2.45, 2.75) is 38.0 Å². The largest absolute Gasteiger partial charge is 0.481 e. The fourth-order valence-electron chi connectivity index (χ4n) is 2.74. The summed E-state index contributed by atoms with van der Waals surface area (Å²) in [6, 6.07) is 4.99. The van der Waals surface area contributed by atoms with Crippen LogP contribution in [0.25, 0.3) is 0 Å². The van der Waals surface area contributed by atoms with E-state index in [4.69, 9.17) is 10.8 Å². The van der Waals surface area contributed by atoms with Gasteiger partial charge in [0, 0.05) is 6.42 Å². The van der Waals surface area contributed by atoms with Crippen molar-refractivity contribution in [3.05, 3.63) is 29.6 Å². The van der Waals surface area contributed by atoms with Crippen LogP contribution >= 0.6 is 0 Å². The van der Waals surface area contributed by atoms with Gasteiger partial charge in [-0.3, -0.25) is 4.79 Å². The number of hydrogen-bond donors (Lipinski definition) is 2. The maximum absolute atomic E-state index is 13.4. The summed E-state index contributed by atoms with van der Waals surface area (Å²) in [5.74, 6) is -0.473. The number of nitrogens with two attached hydrogens (primary N) is 1. The zero-order chi connectivity index (χ0) is 13.1. The molecule has 1 aromatic rings. The van der Waals surface area contributed by atoms with Gasteiger partial charge < -0.3 is 10.8 Å².